The van der Waals surface area contributed by atoms with Crippen molar-refractivity contribution in [3.63, 3.8) is 0 Å². The average molecular weight is 269 g/mol. The number of hydrogen-bond acceptors (Lipinski definition) is 3. The molecule has 1 heterocycles. The molecule has 0 aromatic rings. The maximum atomic E-state index is 11.9. The zero-order valence-electron chi connectivity index (χ0n) is 12.3. The van der Waals surface area contributed by atoms with E-state index in [4.69, 9.17) is 11.1 Å². The van der Waals surface area contributed by atoms with Crippen LogP contribution in [0.15, 0.2) is 0 Å². The highest BCUT2D eigenvalue weighted by Crippen LogP contribution is 2.16. The van der Waals surface area contributed by atoms with Crippen molar-refractivity contribution in [1.29, 1.82) is 5.41 Å². The molecular formula is C13H27N5O. The number of nitrogens with one attached hydrogen (secondary N) is 2. The zero-order chi connectivity index (χ0) is 14.5. The van der Waals surface area contributed by atoms with E-state index in [1.54, 1.807) is 0 Å². The van der Waals surface area contributed by atoms with E-state index in [0.717, 1.165) is 32.5 Å². The smallest absolute Gasteiger partial charge is 0.317 e. The lowest BCUT2D eigenvalue weighted by Crippen LogP contribution is -2.61. The van der Waals surface area contributed by atoms with Crippen molar-refractivity contribution in [1.82, 2.24) is 15.1 Å². The number of amidine groups is 1. The van der Waals surface area contributed by atoms with Gasteiger partial charge < -0.3 is 16.0 Å². The van der Waals surface area contributed by atoms with Gasteiger partial charge in [0.2, 0.25) is 0 Å². The number of amides is 2. The highest BCUT2D eigenvalue weighted by atomic mass is 16.2. The zero-order valence-corrected chi connectivity index (χ0v) is 12.3. The third kappa shape index (κ3) is 4.09. The van der Waals surface area contributed by atoms with Crippen molar-refractivity contribution in [3.8, 4) is 0 Å². The molecule has 1 aliphatic heterocycles. The molecule has 0 radical (unpaired) electrons. The van der Waals surface area contributed by atoms with E-state index in [2.05, 4.69) is 17.1 Å². The van der Waals surface area contributed by atoms with Crippen LogP contribution in [0.25, 0.3) is 0 Å². The highest BCUT2D eigenvalue weighted by molar-refractivity contribution is 5.86. The third-order valence-corrected chi connectivity index (χ3v) is 3.82. The van der Waals surface area contributed by atoms with Gasteiger partial charge in [-0.15, -0.1) is 0 Å². The molecule has 1 rings (SSSR count). The van der Waals surface area contributed by atoms with Gasteiger partial charge in [-0.05, 0) is 20.3 Å². The Balaban J connectivity index is 2.40. The summed E-state index contributed by atoms with van der Waals surface area (Å²) in [5.41, 5.74) is 5.20. The molecule has 6 nitrogen and oxygen atoms in total. The molecule has 19 heavy (non-hydrogen) atoms. The average Bonchev–Trinajstić information content (AvgIpc) is 2.39. The van der Waals surface area contributed by atoms with Crippen LogP contribution in [0.4, 0.5) is 4.79 Å². The first kappa shape index (κ1) is 15.8. The van der Waals surface area contributed by atoms with Gasteiger partial charge in [-0.2, -0.15) is 0 Å². The fourth-order valence-electron chi connectivity index (χ4n) is 2.12. The summed E-state index contributed by atoms with van der Waals surface area (Å²) in [4.78, 5) is 15.9. The number of carbonyl (C=O) groups is 1. The Kier molecular flexibility index (Phi) is 5.60. The quantitative estimate of drug-likeness (QED) is 0.392. The molecular weight excluding hydrogens is 242 g/mol. The van der Waals surface area contributed by atoms with Gasteiger partial charge in [0.1, 0.15) is 5.84 Å². The first-order valence-corrected chi connectivity index (χ1v) is 7.02. The highest BCUT2D eigenvalue weighted by Gasteiger charge is 2.33. The lowest BCUT2D eigenvalue weighted by Gasteiger charge is -2.43. The number of hydrogen-bond donors (Lipinski definition) is 3. The standard InChI is InChI=1S/C13H27N5O/c1-4-5-6-16-12(19)17-7-9-18(10-8-17)13(2,3)11(14)15/h4-10H2,1-3H3,(H3,14,15)(H,16,19). The van der Waals surface area contributed by atoms with Gasteiger partial charge in [-0.25, -0.2) is 4.79 Å². The molecule has 2 amide bonds. The molecule has 0 aromatic carbocycles. The minimum absolute atomic E-state index is 0.0220. The maximum absolute atomic E-state index is 11.9. The number of nitrogens with two attached hydrogens (primary N) is 1. The summed E-state index contributed by atoms with van der Waals surface area (Å²) in [6.45, 7) is 9.65. The number of unbranched alkanes of at least 4 members (excludes halogenated alkanes) is 1. The fourth-order valence-corrected chi connectivity index (χ4v) is 2.12. The minimum Gasteiger partial charge on any atom is -0.386 e. The van der Waals surface area contributed by atoms with Gasteiger partial charge >= 0.3 is 6.03 Å². The van der Waals surface area contributed by atoms with Crippen LogP contribution in [-0.2, 0) is 0 Å². The number of carbonyl (C=O) groups excluding carboxylic acids is 1. The second-order valence-electron chi connectivity index (χ2n) is 5.53. The van der Waals surface area contributed by atoms with E-state index in [-0.39, 0.29) is 11.9 Å². The van der Waals surface area contributed by atoms with Gasteiger partial charge in [0, 0.05) is 32.7 Å². The van der Waals surface area contributed by atoms with Gasteiger partial charge in [0.25, 0.3) is 0 Å². The van der Waals surface area contributed by atoms with Crippen molar-refractivity contribution in [2.75, 3.05) is 32.7 Å². The van der Waals surface area contributed by atoms with E-state index < -0.39 is 5.54 Å². The Hall–Kier alpha value is -1.30. The Bertz CT molecular complexity index is 321. The topological polar surface area (TPSA) is 85.5 Å². The largest absolute Gasteiger partial charge is 0.386 e. The van der Waals surface area contributed by atoms with Gasteiger partial charge in [-0.1, -0.05) is 13.3 Å². The first-order chi connectivity index (χ1) is 8.89. The molecule has 0 spiro atoms. The Labute approximate surface area is 115 Å². The van der Waals surface area contributed by atoms with Crippen LogP contribution in [-0.4, -0.2) is 59.9 Å². The van der Waals surface area contributed by atoms with Crippen molar-refractivity contribution < 1.29 is 4.79 Å². The van der Waals surface area contributed by atoms with Crippen LogP contribution in [0.5, 0.6) is 0 Å². The van der Waals surface area contributed by atoms with Crippen LogP contribution >= 0.6 is 0 Å². The molecule has 0 atom stereocenters. The SMILES string of the molecule is CCCCNC(=O)N1CCN(C(C)(C)C(=N)N)CC1. The van der Waals surface area contributed by atoms with E-state index in [1.165, 1.54) is 0 Å². The minimum atomic E-state index is -0.426. The van der Waals surface area contributed by atoms with Crippen LogP contribution in [0.1, 0.15) is 33.6 Å². The van der Waals surface area contributed by atoms with Gasteiger partial charge in [0.05, 0.1) is 5.54 Å². The van der Waals surface area contributed by atoms with Gasteiger partial charge in [-0.3, -0.25) is 10.3 Å². The Morgan fingerprint density at radius 1 is 1.32 bits per heavy atom. The fraction of sp³-hybridized carbons (Fsp3) is 0.846. The van der Waals surface area contributed by atoms with E-state index in [0.29, 0.717) is 13.1 Å². The molecule has 1 saturated heterocycles. The van der Waals surface area contributed by atoms with Crippen LogP contribution in [0.3, 0.4) is 0 Å². The number of piperazine rings is 1. The number of urea groups is 1. The summed E-state index contributed by atoms with van der Waals surface area (Å²) >= 11 is 0. The van der Waals surface area contributed by atoms with Gasteiger partial charge in [0.15, 0.2) is 0 Å². The molecule has 6 heteroatoms. The van der Waals surface area contributed by atoms with E-state index in [9.17, 15) is 4.79 Å². The summed E-state index contributed by atoms with van der Waals surface area (Å²) in [6, 6.07) is 0.0220. The molecule has 0 aromatic heterocycles. The summed E-state index contributed by atoms with van der Waals surface area (Å²) in [5, 5.41) is 10.6. The summed E-state index contributed by atoms with van der Waals surface area (Å²) in [6.07, 6.45) is 2.10. The Morgan fingerprint density at radius 3 is 2.37 bits per heavy atom. The molecule has 0 aliphatic carbocycles. The Morgan fingerprint density at radius 2 is 1.89 bits per heavy atom. The second kappa shape index (κ2) is 6.75. The molecule has 110 valence electrons. The normalized spacial score (nSPS) is 17.3. The van der Waals surface area contributed by atoms with Crippen molar-refractivity contribution >= 4 is 11.9 Å². The van der Waals surface area contributed by atoms with E-state index in [1.807, 2.05) is 18.7 Å². The molecule has 1 aliphatic rings. The van der Waals surface area contributed by atoms with Crippen LogP contribution < -0.4 is 11.1 Å². The van der Waals surface area contributed by atoms with Crippen molar-refractivity contribution in [2.45, 2.75) is 39.2 Å². The lowest BCUT2D eigenvalue weighted by atomic mass is 10.0. The lowest BCUT2D eigenvalue weighted by molar-refractivity contribution is 0.0968. The summed E-state index contributed by atoms with van der Waals surface area (Å²) in [5.74, 6) is 0.174. The predicted octanol–water partition coefficient (Wildman–Crippen LogP) is 0.828. The van der Waals surface area contributed by atoms with Crippen molar-refractivity contribution in [2.24, 2.45) is 5.73 Å². The molecule has 0 saturated carbocycles. The third-order valence-electron chi connectivity index (χ3n) is 3.82. The molecule has 1 fully saturated rings. The molecule has 0 unspecified atom stereocenters. The summed E-state index contributed by atoms with van der Waals surface area (Å²) in [7, 11) is 0. The monoisotopic (exact) mass is 269 g/mol. The van der Waals surface area contributed by atoms with E-state index >= 15 is 0 Å². The first-order valence-electron chi connectivity index (χ1n) is 7.02. The second-order valence-corrected chi connectivity index (χ2v) is 5.53. The number of rotatable bonds is 5. The molecule has 0 bridgehead atoms. The van der Waals surface area contributed by atoms with Crippen LogP contribution in [0, 0.1) is 5.41 Å². The maximum Gasteiger partial charge on any atom is 0.317 e. The van der Waals surface area contributed by atoms with Crippen LogP contribution in [0.2, 0.25) is 0 Å². The predicted molar refractivity (Wildman–Crippen MR) is 77.4 cm³/mol. The molecule has 4 N–H and O–H groups in total. The summed E-state index contributed by atoms with van der Waals surface area (Å²) < 4.78 is 0. The number of nitrogens with zero attached hydrogens (tertiary/aromatic N) is 2. The van der Waals surface area contributed by atoms with Crippen molar-refractivity contribution in [3.05, 3.63) is 0 Å².